The Hall–Kier alpha value is -4.37. The molecule has 1 aliphatic rings. The van der Waals surface area contributed by atoms with E-state index < -0.39 is 0 Å². The fraction of sp³-hybridized carbons (Fsp3) is 0.138. The molecule has 0 unspecified atom stereocenters. The number of hydrogen-bond acceptors (Lipinski definition) is 3. The zero-order valence-electron chi connectivity index (χ0n) is 20.1. The van der Waals surface area contributed by atoms with Gasteiger partial charge in [0.25, 0.3) is 5.91 Å². The van der Waals surface area contributed by atoms with Gasteiger partial charge >= 0.3 is 7.55 Å². The second kappa shape index (κ2) is 10.7. The van der Waals surface area contributed by atoms with E-state index in [1.807, 2.05) is 98.7 Å². The number of carbonyl (C=O) groups is 1. The van der Waals surface area contributed by atoms with E-state index in [9.17, 15) is 10.1 Å². The highest BCUT2D eigenvalue weighted by Gasteiger charge is 2.20. The fourth-order valence-corrected chi connectivity index (χ4v) is 3.90. The van der Waals surface area contributed by atoms with Crippen molar-refractivity contribution in [2.75, 3.05) is 13.6 Å². The molecule has 0 saturated carbocycles. The fourth-order valence-electron chi connectivity index (χ4n) is 3.90. The lowest BCUT2D eigenvalue weighted by atomic mass is 10.00. The number of fused-ring (bicyclic) bond motifs is 1. The summed E-state index contributed by atoms with van der Waals surface area (Å²) in [5.41, 5.74) is 6.48. The Kier molecular flexibility index (Phi) is 7.28. The molecule has 171 valence electrons. The Morgan fingerprint density at radius 3 is 2.26 bits per heavy atom. The Balaban J connectivity index is 1.93. The number of amides is 1. The highest BCUT2D eigenvalue weighted by atomic mass is 16.2. The Morgan fingerprint density at radius 2 is 1.63 bits per heavy atom. The smallest absolute Gasteiger partial charge is 0.367 e. The first-order valence-corrected chi connectivity index (χ1v) is 11.5. The van der Waals surface area contributed by atoms with Crippen LogP contribution in [0.2, 0.25) is 0 Å². The molecule has 0 N–H and O–H groups in total. The zero-order chi connectivity index (χ0) is 24.8. The molecule has 1 aliphatic heterocycles. The number of hydrogen-bond donors (Lipinski definition) is 0. The number of allylic oxidation sites excluding steroid dienone is 5. The molecule has 0 saturated heterocycles. The van der Waals surface area contributed by atoms with Crippen LogP contribution in [0.4, 0.5) is 0 Å². The number of nitrogens with zero attached hydrogens (tertiary/aromatic N) is 4. The maximum absolute atomic E-state index is 12.8. The normalized spacial score (nSPS) is 16.5. The maximum Gasteiger partial charge on any atom is 0.416 e. The SMILES string of the molecule is CCN(C)C(=O)/C(C#N)=C/C1=C(C)\C=C/C(c2ccccc2)=N[B]n2c1ccc2-c1ccccc1. The van der Waals surface area contributed by atoms with Crippen molar-refractivity contribution in [2.45, 2.75) is 13.8 Å². The molecular weight excluding hydrogens is 431 g/mol. The topological polar surface area (TPSA) is 61.4 Å². The van der Waals surface area contributed by atoms with Gasteiger partial charge in [-0.1, -0.05) is 66.7 Å². The summed E-state index contributed by atoms with van der Waals surface area (Å²) in [4.78, 5) is 19.2. The van der Waals surface area contributed by atoms with Crippen LogP contribution in [0, 0.1) is 11.3 Å². The van der Waals surface area contributed by atoms with Gasteiger partial charge in [0, 0.05) is 30.6 Å². The molecule has 4 rings (SSSR count). The van der Waals surface area contributed by atoms with Crippen LogP contribution in [0.5, 0.6) is 0 Å². The molecule has 5 nitrogen and oxygen atoms in total. The van der Waals surface area contributed by atoms with E-state index in [-0.39, 0.29) is 11.5 Å². The molecule has 2 heterocycles. The second-order valence-electron chi connectivity index (χ2n) is 8.25. The van der Waals surface area contributed by atoms with Crippen molar-refractivity contribution in [3.05, 3.63) is 113 Å². The predicted octanol–water partition coefficient (Wildman–Crippen LogP) is 5.30. The number of aromatic nitrogens is 1. The van der Waals surface area contributed by atoms with Crippen molar-refractivity contribution in [2.24, 2.45) is 4.90 Å². The number of carbonyl (C=O) groups excluding carboxylic acids is 1. The van der Waals surface area contributed by atoms with Crippen molar-refractivity contribution in [3.8, 4) is 17.3 Å². The summed E-state index contributed by atoms with van der Waals surface area (Å²) < 4.78 is 2.02. The summed E-state index contributed by atoms with van der Waals surface area (Å²) >= 11 is 0. The predicted molar refractivity (Wildman–Crippen MR) is 143 cm³/mol. The lowest BCUT2D eigenvalue weighted by Crippen LogP contribution is -2.27. The summed E-state index contributed by atoms with van der Waals surface area (Å²) in [5, 5.41) is 9.82. The summed E-state index contributed by atoms with van der Waals surface area (Å²) in [6.07, 6.45) is 5.64. The molecule has 3 aromatic rings. The van der Waals surface area contributed by atoms with Crippen molar-refractivity contribution >= 4 is 24.7 Å². The van der Waals surface area contributed by atoms with Gasteiger partial charge in [-0.2, -0.15) is 5.26 Å². The van der Waals surface area contributed by atoms with Gasteiger partial charge in [-0.05, 0) is 54.8 Å². The van der Waals surface area contributed by atoms with E-state index in [1.54, 1.807) is 13.1 Å². The number of rotatable bonds is 5. The lowest BCUT2D eigenvalue weighted by Gasteiger charge is -2.16. The first-order chi connectivity index (χ1) is 17.0. The standard InChI is InChI=1S/C29H26BN4O/c1-4-33(3)29(35)24(20-31)19-25-21(2)15-16-26(22-11-7-5-8-12-22)32-30-34-27(17-18-28(25)34)23-13-9-6-10-14-23/h5-19H,4H2,1-3H3/b16-15-,24-19+,25-21+,32-26?. The highest BCUT2D eigenvalue weighted by Crippen LogP contribution is 2.30. The zero-order valence-corrected chi connectivity index (χ0v) is 20.1. The van der Waals surface area contributed by atoms with E-state index in [2.05, 4.69) is 18.2 Å². The monoisotopic (exact) mass is 457 g/mol. The molecule has 0 atom stereocenters. The molecule has 2 aromatic carbocycles. The number of likely N-dealkylation sites (N-methyl/N-ethyl adjacent to an activating group) is 1. The molecule has 0 bridgehead atoms. The van der Waals surface area contributed by atoms with Crippen LogP contribution < -0.4 is 0 Å². The lowest BCUT2D eigenvalue weighted by molar-refractivity contribution is -0.125. The largest absolute Gasteiger partial charge is 0.416 e. The van der Waals surface area contributed by atoms with Gasteiger partial charge in [0.2, 0.25) is 0 Å². The van der Waals surface area contributed by atoms with Gasteiger partial charge in [0.1, 0.15) is 11.6 Å². The van der Waals surface area contributed by atoms with Gasteiger partial charge in [-0.3, -0.25) is 4.79 Å². The molecule has 1 aromatic heterocycles. The minimum Gasteiger partial charge on any atom is -0.367 e. The van der Waals surface area contributed by atoms with E-state index in [4.69, 9.17) is 4.90 Å². The third kappa shape index (κ3) is 5.10. The quantitative estimate of drug-likeness (QED) is 0.297. The highest BCUT2D eigenvalue weighted by molar-refractivity contribution is 6.38. The molecule has 35 heavy (non-hydrogen) atoms. The maximum atomic E-state index is 12.8. The van der Waals surface area contributed by atoms with Crippen molar-refractivity contribution in [1.29, 1.82) is 5.26 Å². The summed E-state index contributed by atoms with van der Waals surface area (Å²) in [7, 11) is 3.50. The number of benzene rings is 2. The van der Waals surface area contributed by atoms with Gasteiger partial charge < -0.3 is 14.3 Å². The van der Waals surface area contributed by atoms with Gasteiger partial charge in [-0.25, -0.2) is 0 Å². The van der Waals surface area contributed by atoms with E-state index >= 15 is 0 Å². The van der Waals surface area contributed by atoms with Gasteiger partial charge in [0.15, 0.2) is 0 Å². The van der Waals surface area contributed by atoms with Gasteiger partial charge in [-0.15, -0.1) is 0 Å². The van der Waals surface area contributed by atoms with Crippen LogP contribution in [0.15, 0.2) is 107 Å². The van der Waals surface area contributed by atoms with Crippen molar-refractivity contribution in [1.82, 2.24) is 9.38 Å². The van der Waals surface area contributed by atoms with Crippen LogP contribution in [0.25, 0.3) is 16.8 Å². The summed E-state index contributed by atoms with van der Waals surface area (Å²) in [6, 6.07) is 26.2. The molecule has 1 amide bonds. The summed E-state index contributed by atoms with van der Waals surface area (Å²) in [5.74, 6) is -0.300. The molecule has 0 spiro atoms. The first-order valence-electron chi connectivity index (χ1n) is 11.5. The van der Waals surface area contributed by atoms with Crippen LogP contribution in [0.1, 0.15) is 25.1 Å². The molecule has 1 radical (unpaired) electrons. The third-order valence-corrected chi connectivity index (χ3v) is 6.02. The third-order valence-electron chi connectivity index (χ3n) is 6.02. The van der Waals surface area contributed by atoms with Crippen molar-refractivity contribution in [3.63, 3.8) is 0 Å². The molecular formula is C29H26BN4O. The molecule has 0 aliphatic carbocycles. The van der Waals surface area contributed by atoms with Crippen LogP contribution in [-0.2, 0) is 4.79 Å². The molecule has 6 heteroatoms. The minimum absolute atomic E-state index is 0.0922. The Bertz CT molecular complexity index is 1390. The Labute approximate surface area is 207 Å². The summed E-state index contributed by atoms with van der Waals surface area (Å²) in [6.45, 7) is 4.39. The average Bonchev–Trinajstić information content (AvgIpc) is 3.34. The van der Waals surface area contributed by atoms with Crippen molar-refractivity contribution < 1.29 is 4.79 Å². The first kappa shape index (κ1) is 23.8. The van der Waals surface area contributed by atoms with E-state index in [1.165, 1.54) is 4.90 Å². The van der Waals surface area contributed by atoms with Crippen LogP contribution in [-0.4, -0.2) is 42.1 Å². The minimum atomic E-state index is -0.300. The van der Waals surface area contributed by atoms with E-state index in [0.29, 0.717) is 6.54 Å². The van der Waals surface area contributed by atoms with Crippen LogP contribution >= 0.6 is 0 Å². The molecule has 0 fully saturated rings. The van der Waals surface area contributed by atoms with Gasteiger partial charge in [0.05, 0.1) is 5.71 Å². The second-order valence-corrected chi connectivity index (χ2v) is 8.25. The van der Waals surface area contributed by atoms with E-state index in [0.717, 1.165) is 39.4 Å². The Morgan fingerprint density at radius 1 is 1.00 bits per heavy atom. The average molecular weight is 457 g/mol. The number of nitriles is 1. The van der Waals surface area contributed by atoms with Crippen LogP contribution in [0.3, 0.4) is 0 Å².